The maximum Gasteiger partial charge on any atom is 0.341 e. The SMILES string of the molecule is CCc1ccccc1N(C(C)=O)c1nc(COC(=O)c2cccnc2Sc2ccccc2)cs1. The Morgan fingerprint density at radius 2 is 1.79 bits per heavy atom. The van der Waals surface area contributed by atoms with Crippen LogP contribution in [0, 0.1) is 0 Å². The summed E-state index contributed by atoms with van der Waals surface area (Å²) in [5.41, 5.74) is 2.85. The molecule has 1 amide bonds. The summed E-state index contributed by atoms with van der Waals surface area (Å²) in [6.45, 7) is 3.56. The van der Waals surface area contributed by atoms with Gasteiger partial charge in [0, 0.05) is 23.4 Å². The lowest BCUT2D eigenvalue weighted by atomic mass is 10.1. The van der Waals surface area contributed by atoms with Gasteiger partial charge in [-0.1, -0.05) is 55.1 Å². The van der Waals surface area contributed by atoms with E-state index >= 15 is 0 Å². The Balaban J connectivity index is 1.48. The molecule has 0 atom stereocenters. The minimum Gasteiger partial charge on any atom is -0.455 e. The molecule has 0 aliphatic heterocycles. The monoisotopic (exact) mass is 489 g/mol. The number of rotatable bonds is 8. The van der Waals surface area contributed by atoms with Crippen LogP contribution in [0.3, 0.4) is 0 Å². The van der Waals surface area contributed by atoms with Gasteiger partial charge in [0.05, 0.1) is 16.9 Å². The topological polar surface area (TPSA) is 72.4 Å². The fraction of sp³-hybridized carbons (Fsp3) is 0.154. The van der Waals surface area contributed by atoms with Crippen molar-refractivity contribution in [2.45, 2.75) is 36.8 Å². The molecule has 4 rings (SSSR count). The number of aryl methyl sites for hydroxylation is 1. The van der Waals surface area contributed by atoms with Crippen molar-refractivity contribution in [1.29, 1.82) is 0 Å². The van der Waals surface area contributed by atoms with Gasteiger partial charge in [-0.2, -0.15) is 0 Å². The first-order chi connectivity index (χ1) is 16.6. The molecule has 0 unspecified atom stereocenters. The number of ether oxygens (including phenoxy) is 1. The Morgan fingerprint density at radius 1 is 1.03 bits per heavy atom. The van der Waals surface area contributed by atoms with Crippen LogP contribution in [-0.4, -0.2) is 21.8 Å². The van der Waals surface area contributed by atoms with Crippen LogP contribution in [-0.2, 0) is 22.6 Å². The number of carbonyl (C=O) groups is 2. The minimum absolute atomic E-state index is 0.000834. The molecule has 0 aliphatic carbocycles. The molecule has 0 N–H and O–H groups in total. The lowest BCUT2D eigenvalue weighted by Crippen LogP contribution is -2.23. The maximum atomic E-state index is 12.8. The van der Waals surface area contributed by atoms with Crippen LogP contribution in [0.25, 0.3) is 0 Å². The molecule has 172 valence electrons. The molecule has 2 aromatic carbocycles. The molecule has 2 aromatic heterocycles. The Bertz CT molecular complexity index is 1290. The van der Waals surface area contributed by atoms with E-state index in [1.54, 1.807) is 28.6 Å². The Kier molecular flexibility index (Phi) is 7.72. The quantitative estimate of drug-likeness (QED) is 0.271. The number of thiazole rings is 1. The van der Waals surface area contributed by atoms with Crippen LogP contribution in [0.2, 0.25) is 0 Å². The summed E-state index contributed by atoms with van der Waals surface area (Å²) in [6, 6.07) is 20.9. The number of hydrogen-bond acceptors (Lipinski definition) is 7. The second-order valence-corrected chi connectivity index (χ2v) is 9.20. The highest BCUT2D eigenvalue weighted by Gasteiger charge is 2.21. The van der Waals surface area contributed by atoms with Gasteiger partial charge in [-0.05, 0) is 42.3 Å². The number of para-hydroxylation sites is 1. The smallest absolute Gasteiger partial charge is 0.341 e. The molecular weight excluding hydrogens is 466 g/mol. The number of pyridine rings is 1. The molecule has 0 fully saturated rings. The van der Waals surface area contributed by atoms with Gasteiger partial charge in [0.15, 0.2) is 5.13 Å². The number of aromatic nitrogens is 2. The van der Waals surface area contributed by atoms with Crippen molar-refractivity contribution >= 4 is 45.8 Å². The van der Waals surface area contributed by atoms with Crippen molar-refractivity contribution in [1.82, 2.24) is 9.97 Å². The Labute approximate surface area is 206 Å². The van der Waals surface area contributed by atoms with Crippen molar-refractivity contribution in [3.05, 3.63) is 95.1 Å². The highest BCUT2D eigenvalue weighted by molar-refractivity contribution is 7.99. The molecule has 0 bridgehead atoms. The van der Waals surface area contributed by atoms with Crippen molar-refractivity contribution in [2.75, 3.05) is 4.90 Å². The molecule has 0 saturated heterocycles. The van der Waals surface area contributed by atoms with Gasteiger partial charge in [0.2, 0.25) is 5.91 Å². The van der Waals surface area contributed by atoms with Crippen LogP contribution >= 0.6 is 23.1 Å². The summed E-state index contributed by atoms with van der Waals surface area (Å²) in [7, 11) is 0. The summed E-state index contributed by atoms with van der Waals surface area (Å²) in [6.07, 6.45) is 2.45. The van der Waals surface area contributed by atoms with Gasteiger partial charge < -0.3 is 4.74 Å². The fourth-order valence-electron chi connectivity index (χ4n) is 3.35. The standard InChI is InChI=1S/C26H23N3O3S2/c1-3-19-10-7-8-14-23(19)29(18(2)30)26-28-20(17-33-26)16-32-25(31)22-13-9-15-27-24(22)34-21-11-5-4-6-12-21/h4-15,17H,3,16H2,1-2H3. The number of hydrogen-bond donors (Lipinski definition) is 0. The van der Waals surface area contributed by atoms with E-state index < -0.39 is 5.97 Å². The van der Waals surface area contributed by atoms with Gasteiger partial charge in [0.25, 0.3) is 0 Å². The number of nitrogens with zero attached hydrogens (tertiary/aromatic N) is 3. The molecular formula is C26H23N3O3S2. The summed E-state index contributed by atoms with van der Waals surface area (Å²) in [5.74, 6) is -0.599. The lowest BCUT2D eigenvalue weighted by molar-refractivity contribution is -0.115. The molecule has 8 heteroatoms. The summed E-state index contributed by atoms with van der Waals surface area (Å²) < 4.78 is 5.55. The van der Waals surface area contributed by atoms with Gasteiger partial charge in [0.1, 0.15) is 11.6 Å². The first-order valence-corrected chi connectivity index (χ1v) is 12.4. The molecule has 0 aliphatic rings. The van der Waals surface area contributed by atoms with Gasteiger partial charge in [-0.15, -0.1) is 11.3 Å². The zero-order chi connectivity index (χ0) is 23.9. The summed E-state index contributed by atoms with van der Waals surface area (Å²) >= 11 is 2.75. The Morgan fingerprint density at radius 3 is 2.56 bits per heavy atom. The summed E-state index contributed by atoms with van der Waals surface area (Å²) in [5, 5.41) is 2.92. The van der Waals surface area contributed by atoms with E-state index in [1.807, 2.05) is 61.5 Å². The number of carbonyl (C=O) groups excluding carboxylic acids is 2. The number of amides is 1. The van der Waals surface area contributed by atoms with Crippen LogP contribution < -0.4 is 4.90 Å². The highest BCUT2D eigenvalue weighted by atomic mass is 32.2. The van der Waals surface area contributed by atoms with E-state index in [2.05, 4.69) is 9.97 Å². The first-order valence-electron chi connectivity index (χ1n) is 10.7. The molecule has 0 radical (unpaired) electrons. The normalized spacial score (nSPS) is 10.6. The highest BCUT2D eigenvalue weighted by Crippen LogP contribution is 2.32. The van der Waals surface area contributed by atoms with Gasteiger partial charge in [-0.3, -0.25) is 9.69 Å². The van der Waals surface area contributed by atoms with E-state index in [9.17, 15) is 9.59 Å². The molecule has 0 spiro atoms. The average Bonchev–Trinajstić information content (AvgIpc) is 3.32. The summed E-state index contributed by atoms with van der Waals surface area (Å²) in [4.78, 5) is 36.8. The number of esters is 1. The van der Waals surface area contributed by atoms with Crippen LogP contribution in [0.4, 0.5) is 10.8 Å². The average molecular weight is 490 g/mol. The van der Waals surface area contributed by atoms with E-state index in [4.69, 9.17) is 4.74 Å². The first kappa shape index (κ1) is 23.7. The third-order valence-corrected chi connectivity index (χ3v) is 6.86. The predicted molar refractivity (Wildman–Crippen MR) is 135 cm³/mol. The zero-order valence-electron chi connectivity index (χ0n) is 18.8. The molecule has 34 heavy (non-hydrogen) atoms. The lowest BCUT2D eigenvalue weighted by Gasteiger charge is -2.20. The van der Waals surface area contributed by atoms with Crippen molar-refractivity contribution in [2.24, 2.45) is 0 Å². The van der Waals surface area contributed by atoms with E-state index in [0.717, 1.165) is 22.6 Å². The largest absolute Gasteiger partial charge is 0.455 e. The molecule has 4 aromatic rings. The molecule has 6 nitrogen and oxygen atoms in total. The van der Waals surface area contributed by atoms with Crippen molar-refractivity contribution in [3.63, 3.8) is 0 Å². The van der Waals surface area contributed by atoms with E-state index in [-0.39, 0.29) is 12.5 Å². The third-order valence-electron chi connectivity index (χ3n) is 4.96. The van der Waals surface area contributed by atoms with Crippen molar-refractivity contribution < 1.29 is 14.3 Å². The Hall–Kier alpha value is -3.49. The second-order valence-electron chi connectivity index (χ2n) is 7.31. The molecule has 0 saturated carbocycles. The van der Waals surface area contributed by atoms with E-state index in [1.165, 1.54) is 30.0 Å². The number of anilines is 2. The van der Waals surface area contributed by atoms with Crippen LogP contribution in [0.5, 0.6) is 0 Å². The third kappa shape index (κ3) is 5.52. The molecule has 2 heterocycles. The van der Waals surface area contributed by atoms with Gasteiger partial charge in [-0.25, -0.2) is 14.8 Å². The fourth-order valence-corrected chi connectivity index (χ4v) is 5.10. The zero-order valence-corrected chi connectivity index (χ0v) is 20.4. The van der Waals surface area contributed by atoms with Crippen LogP contribution in [0.15, 0.2) is 88.2 Å². The predicted octanol–water partition coefficient (Wildman–Crippen LogP) is 6.29. The number of benzene rings is 2. The minimum atomic E-state index is -0.471. The second kappa shape index (κ2) is 11.1. The maximum absolute atomic E-state index is 12.8. The van der Waals surface area contributed by atoms with Crippen LogP contribution in [0.1, 0.15) is 35.5 Å². The van der Waals surface area contributed by atoms with E-state index in [0.29, 0.717) is 21.4 Å². The van der Waals surface area contributed by atoms with Crippen molar-refractivity contribution in [3.8, 4) is 0 Å². The van der Waals surface area contributed by atoms with Gasteiger partial charge >= 0.3 is 5.97 Å².